The van der Waals surface area contributed by atoms with Crippen molar-refractivity contribution in [1.29, 1.82) is 0 Å². The van der Waals surface area contributed by atoms with Crippen LogP contribution in [0.4, 0.5) is 5.82 Å². The van der Waals surface area contributed by atoms with E-state index < -0.39 is 0 Å². The molecule has 0 fully saturated rings. The second-order valence-electron chi connectivity index (χ2n) is 6.16. The summed E-state index contributed by atoms with van der Waals surface area (Å²) in [5.41, 5.74) is 3.65. The minimum absolute atomic E-state index is 0.0136. The fourth-order valence-electron chi connectivity index (χ4n) is 3.27. The Morgan fingerprint density at radius 1 is 1.36 bits per heavy atom. The number of nitrogens with one attached hydrogen (secondary N) is 1. The molecule has 3 aromatic rings. The number of nitrogens with zero attached hydrogens (tertiary/aromatic N) is 3. The SMILES string of the molecule is C/C(=C\c1ccco1)C1CC(=O)Nc2c1c(-c1ccccn1)nn2C. The third kappa shape index (κ3) is 2.76. The molecule has 0 spiro atoms. The van der Waals surface area contributed by atoms with Crippen LogP contribution < -0.4 is 5.32 Å². The zero-order valence-corrected chi connectivity index (χ0v) is 14.1. The van der Waals surface area contributed by atoms with E-state index in [2.05, 4.69) is 15.4 Å². The van der Waals surface area contributed by atoms with E-state index >= 15 is 0 Å². The highest BCUT2D eigenvalue weighted by Crippen LogP contribution is 2.42. The van der Waals surface area contributed by atoms with E-state index in [0.29, 0.717) is 6.42 Å². The first-order chi connectivity index (χ1) is 12.1. The van der Waals surface area contributed by atoms with Crippen LogP contribution in [-0.4, -0.2) is 20.7 Å². The number of allylic oxidation sites excluding steroid dienone is 1. The summed E-state index contributed by atoms with van der Waals surface area (Å²) in [5.74, 6) is 1.42. The Kier molecular flexibility index (Phi) is 3.72. The first-order valence-corrected chi connectivity index (χ1v) is 8.13. The largest absolute Gasteiger partial charge is 0.465 e. The Bertz CT molecular complexity index is 939. The van der Waals surface area contributed by atoms with Gasteiger partial charge in [-0.05, 0) is 37.3 Å². The molecule has 1 amide bonds. The summed E-state index contributed by atoms with van der Waals surface area (Å²) in [7, 11) is 1.83. The molecular formula is C19H18N4O2. The maximum atomic E-state index is 12.2. The molecule has 6 nitrogen and oxygen atoms in total. The lowest BCUT2D eigenvalue weighted by Crippen LogP contribution is -2.24. The van der Waals surface area contributed by atoms with Gasteiger partial charge in [0.2, 0.25) is 5.91 Å². The highest BCUT2D eigenvalue weighted by atomic mass is 16.3. The van der Waals surface area contributed by atoms with Crippen LogP contribution in [0.2, 0.25) is 0 Å². The van der Waals surface area contributed by atoms with Crippen LogP contribution in [0.5, 0.6) is 0 Å². The third-order valence-corrected chi connectivity index (χ3v) is 4.45. The van der Waals surface area contributed by atoms with Crippen molar-refractivity contribution >= 4 is 17.8 Å². The molecule has 1 aliphatic rings. The number of hydrogen-bond donors (Lipinski definition) is 1. The van der Waals surface area contributed by atoms with E-state index in [1.54, 1.807) is 17.1 Å². The Hall–Kier alpha value is -3.15. The topological polar surface area (TPSA) is 73.0 Å². The first-order valence-electron chi connectivity index (χ1n) is 8.13. The molecule has 0 radical (unpaired) electrons. The second-order valence-corrected chi connectivity index (χ2v) is 6.16. The first kappa shape index (κ1) is 15.4. The Morgan fingerprint density at radius 2 is 2.24 bits per heavy atom. The lowest BCUT2D eigenvalue weighted by molar-refractivity contribution is -0.116. The van der Waals surface area contributed by atoms with Crippen LogP contribution in [0.15, 0.2) is 52.8 Å². The van der Waals surface area contributed by atoms with E-state index in [9.17, 15) is 4.79 Å². The molecule has 6 heteroatoms. The standard InChI is InChI=1S/C19H18N4O2/c1-12(10-13-6-5-9-25-13)14-11-16(24)21-19-17(14)18(22-23(19)2)15-7-3-4-8-20-15/h3-10,14H,11H2,1-2H3,(H,21,24)/b12-10+. The van der Waals surface area contributed by atoms with Crippen molar-refractivity contribution in [2.24, 2.45) is 7.05 Å². The van der Waals surface area contributed by atoms with Crippen molar-refractivity contribution in [2.45, 2.75) is 19.3 Å². The summed E-state index contributed by atoms with van der Waals surface area (Å²) < 4.78 is 7.13. The summed E-state index contributed by atoms with van der Waals surface area (Å²) in [6.45, 7) is 2.02. The van der Waals surface area contributed by atoms with Gasteiger partial charge in [0, 0.05) is 31.1 Å². The number of aromatic nitrogens is 3. The maximum Gasteiger partial charge on any atom is 0.226 e. The number of carbonyl (C=O) groups is 1. The van der Waals surface area contributed by atoms with Gasteiger partial charge in [-0.3, -0.25) is 14.5 Å². The van der Waals surface area contributed by atoms with Gasteiger partial charge in [-0.1, -0.05) is 11.6 Å². The lowest BCUT2D eigenvalue weighted by Gasteiger charge is -2.24. The van der Waals surface area contributed by atoms with Crippen molar-refractivity contribution in [3.05, 3.63) is 59.7 Å². The van der Waals surface area contributed by atoms with Gasteiger partial charge in [-0.25, -0.2) is 0 Å². The fraction of sp³-hybridized carbons (Fsp3) is 0.211. The van der Waals surface area contributed by atoms with Crippen LogP contribution in [-0.2, 0) is 11.8 Å². The number of amides is 1. The van der Waals surface area contributed by atoms with Gasteiger partial charge >= 0.3 is 0 Å². The molecule has 4 rings (SSSR count). The summed E-state index contributed by atoms with van der Waals surface area (Å²) >= 11 is 0. The number of fused-ring (bicyclic) bond motifs is 1. The molecule has 1 aliphatic heterocycles. The van der Waals surface area contributed by atoms with Crippen LogP contribution >= 0.6 is 0 Å². The average Bonchev–Trinajstić information content (AvgIpc) is 3.23. The Balaban J connectivity index is 1.86. The Morgan fingerprint density at radius 3 is 2.96 bits per heavy atom. The van der Waals surface area contributed by atoms with Crippen LogP contribution in [0, 0.1) is 0 Å². The predicted octanol–water partition coefficient (Wildman–Crippen LogP) is 3.60. The van der Waals surface area contributed by atoms with Gasteiger partial charge in [0.1, 0.15) is 17.3 Å². The zero-order valence-electron chi connectivity index (χ0n) is 14.1. The molecule has 1 N–H and O–H groups in total. The maximum absolute atomic E-state index is 12.2. The molecule has 0 bridgehead atoms. The number of pyridine rings is 1. The summed E-state index contributed by atoms with van der Waals surface area (Å²) in [6.07, 6.45) is 5.74. The lowest BCUT2D eigenvalue weighted by atomic mass is 9.85. The molecule has 1 atom stereocenters. The summed E-state index contributed by atoms with van der Waals surface area (Å²) in [4.78, 5) is 16.7. The van der Waals surface area contributed by atoms with Gasteiger partial charge in [0.05, 0.1) is 12.0 Å². The molecular weight excluding hydrogens is 316 g/mol. The van der Waals surface area contributed by atoms with Gasteiger partial charge < -0.3 is 9.73 Å². The minimum Gasteiger partial charge on any atom is -0.465 e. The van der Waals surface area contributed by atoms with Crippen molar-refractivity contribution in [3.63, 3.8) is 0 Å². The number of carbonyl (C=O) groups excluding carboxylic acids is 1. The molecule has 3 aromatic heterocycles. The smallest absolute Gasteiger partial charge is 0.226 e. The van der Waals surface area contributed by atoms with E-state index in [1.807, 2.05) is 50.4 Å². The quantitative estimate of drug-likeness (QED) is 0.794. The predicted molar refractivity (Wildman–Crippen MR) is 94.8 cm³/mol. The van der Waals surface area contributed by atoms with E-state index in [0.717, 1.165) is 34.1 Å². The van der Waals surface area contributed by atoms with Crippen molar-refractivity contribution in [1.82, 2.24) is 14.8 Å². The molecule has 0 saturated heterocycles. The molecule has 1 unspecified atom stereocenters. The molecule has 126 valence electrons. The fourth-order valence-corrected chi connectivity index (χ4v) is 3.27. The number of aryl methyl sites for hydroxylation is 1. The van der Waals surface area contributed by atoms with E-state index in [4.69, 9.17) is 4.42 Å². The van der Waals surface area contributed by atoms with Gasteiger partial charge in [0.25, 0.3) is 0 Å². The van der Waals surface area contributed by atoms with Crippen LogP contribution in [0.1, 0.15) is 30.6 Å². The summed E-state index contributed by atoms with van der Waals surface area (Å²) in [6, 6.07) is 9.49. The highest BCUT2D eigenvalue weighted by molar-refractivity contribution is 5.96. The zero-order chi connectivity index (χ0) is 17.4. The monoisotopic (exact) mass is 334 g/mol. The third-order valence-electron chi connectivity index (χ3n) is 4.45. The molecule has 25 heavy (non-hydrogen) atoms. The molecule has 0 aliphatic carbocycles. The Labute approximate surface area is 145 Å². The average molecular weight is 334 g/mol. The highest BCUT2D eigenvalue weighted by Gasteiger charge is 2.33. The van der Waals surface area contributed by atoms with E-state index in [1.165, 1.54) is 0 Å². The van der Waals surface area contributed by atoms with Crippen molar-refractivity contribution < 1.29 is 9.21 Å². The number of furan rings is 1. The number of hydrogen-bond acceptors (Lipinski definition) is 4. The van der Waals surface area contributed by atoms with Gasteiger partial charge in [-0.15, -0.1) is 0 Å². The number of rotatable bonds is 3. The van der Waals surface area contributed by atoms with Gasteiger partial charge in [-0.2, -0.15) is 5.10 Å². The minimum atomic E-state index is -0.0699. The second kappa shape index (κ2) is 6.05. The van der Waals surface area contributed by atoms with Crippen molar-refractivity contribution in [2.75, 3.05) is 5.32 Å². The van der Waals surface area contributed by atoms with Crippen molar-refractivity contribution in [3.8, 4) is 11.4 Å². The normalized spacial score (nSPS) is 17.3. The van der Waals surface area contributed by atoms with Crippen LogP contribution in [0.3, 0.4) is 0 Å². The molecule has 0 saturated carbocycles. The summed E-state index contributed by atoms with van der Waals surface area (Å²) in [5, 5.41) is 7.56. The molecule has 0 aromatic carbocycles. The molecule has 4 heterocycles. The van der Waals surface area contributed by atoms with Crippen LogP contribution in [0.25, 0.3) is 17.5 Å². The number of anilines is 1. The van der Waals surface area contributed by atoms with E-state index in [-0.39, 0.29) is 11.8 Å². The van der Waals surface area contributed by atoms with Gasteiger partial charge in [0.15, 0.2) is 0 Å².